The lowest BCUT2D eigenvalue weighted by molar-refractivity contribution is 0.220. The van der Waals surface area contributed by atoms with Crippen LogP contribution in [0, 0.1) is 5.82 Å². The molecule has 0 radical (unpaired) electrons. The van der Waals surface area contributed by atoms with Gasteiger partial charge in [0.25, 0.3) is 0 Å². The number of halogens is 1. The van der Waals surface area contributed by atoms with Crippen molar-refractivity contribution in [1.29, 1.82) is 0 Å². The van der Waals surface area contributed by atoms with Crippen molar-refractivity contribution in [1.82, 2.24) is 4.90 Å². The van der Waals surface area contributed by atoms with E-state index < -0.39 is 0 Å². The van der Waals surface area contributed by atoms with Gasteiger partial charge in [-0.25, -0.2) is 4.39 Å². The zero-order valence-corrected chi connectivity index (χ0v) is 9.54. The summed E-state index contributed by atoms with van der Waals surface area (Å²) in [6.45, 7) is 2.77. The van der Waals surface area contributed by atoms with E-state index in [1.54, 1.807) is 17.0 Å². The highest BCUT2D eigenvalue weighted by molar-refractivity contribution is 7.76. The predicted octanol–water partition coefficient (Wildman–Crippen LogP) is 1.61. The monoisotopic (exact) mass is 239 g/mol. The van der Waals surface area contributed by atoms with Gasteiger partial charge < -0.3 is 27.2 Å². The normalized spacial score (nSPS) is 16.3. The molecule has 1 saturated heterocycles. The number of carbonyl (C=O) groups is 1. The Morgan fingerprint density at radius 3 is 2.19 bits per heavy atom. The molecule has 0 spiro atoms. The summed E-state index contributed by atoms with van der Waals surface area (Å²) in [5.41, 5.74) is 0.984. The number of hydrogen-bond donors (Lipinski definition) is 0. The molecule has 16 heavy (non-hydrogen) atoms. The molecular formula is C11H12FN2OS-. The van der Waals surface area contributed by atoms with Crippen LogP contribution < -0.4 is 4.90 Å². The van der Waals surface area contributed by atoms with Gasteiger partial charge in [0.2, 0.25) is 0 Å². The van der Waals surface area contributed by atoms with Gasteiger partial charge in [0.1, 0.15) is 11.1 Å². The molecule has 1 fully saturated rings. The molecule has 1 aromatic carbocycles. The van der Waals surface area contributed by atoms with Crippen LogP contribution >= 0.6 is 0 Å². The van der Waals surface area contributed by atoms with Crippen LogP contribution in [-0.2, 0) is 12.6 Å². The molecule has 86 valence electrons. The average molecular weight is 239 g/mol. The summed E-state index contributed by atoms with van der Waals surface area (Å²) in [5.74, 6) is -0.233. The molecule has 1 heterocycles. The number of anilines is 1. The Morgan fingerprint density at radius 1 is 1.12 bits per heavy atom. The number of nitrogens with zero attached hydrogens (tertiary/aromatic N) is 2. The number of rotatable bonds is 1. The molecule has 0 bridgehead atoms. The third-order valence-electron chi connectivity index (χ3n) is 2.73. The Morgan fingerprint density at radius 2 is 1.69 bits per heavy atom. The number of carbonyl (C=O) groups excluding carboxylic acids is 1. The maximum atomic E-state index is 12.7. The van der Waals surface area contributed by atoms with Gasteiger partial charge in [0.05, 0.1) is 0 Å². The van der Waals surface area contributed by atoms with Crippen molar-refractivity contribution in [2.45, 2.75) is 0 Å². The third-order valence-corrected chi connectivity index (χ3v) is 2.99. The molecule has 5 heteroatoms. The van der Waals surface area contributed by atoms with Crippen LogP contribution in [0.1, 0.15) is 0 Å². The van der Waals surface area contributed by atoms with Crippen molar-refractivity contribution < 1.29 is 9.18 Å². The number of amides is 1. The first-order chi connectivity index (χ1) is 7.66. The fourth-order valence-electron chi connectivity index (χ4n) is 1.80. The van der Waals surface area contributed by atoms with Crippen LogP contribution in [-0.4, -0.2) is 36.3 Å². The first kappa shape index (κ1) is 11.1. The molecule has 1 aliphatic rings. The van der Waals surface area contributed by atoms with Crippen LogP contribution in [0.4, 0.5) is 14.9 Å². The van der Waals surface area contributed by atoms with Gasteiger partial charge >= 0.3 is 0 Å². The minimum atomic E-state index is -0.293. The van der Waals surface area contributed by atoms with E-state index in [9.17, 15) is 9.18 Å². The van der Waals surface area contributed by atoms with Crippen molar-refractivity contribution in [3.8, 4) is 0 Å². The topological polar surface area (TPSA) is 23.6 Å². The molecule has 0 aliphatic carbocycles. The second-order valence-electron chi connectivity index (χ2n) is 3.72. The highest BCUT2D eigenvalue weighted by atomic mass is 32.1. The Hall–Kier alpha value is -1.36. The summed E-state index contributed by atoms with van der Waals surface area (Å²) in [6, 6.07) is 6.39. The Kier molecular flexibility index (Phi) is 3.24. The van der Waals surface area contributed by atoms with Crippen LogP contribution in [0.5, 0.6) is 0 Å². The van der Waals surface area contributed by atoms with Crippen molar-refractivity contribution in [3.63, 3.8) is 0 Å². The smallest absolute Gasteiger partial charge is 0.123 e. The minimum absolute atomic E-state index is 0.233. The molecule has 1 amide bonds. The molecule has 0 saturated carbocycles. The SMILES string of the molecule is O=C([S-])N1CCN(c2ccc(F)cc2)CC1. The fourth-order valence-corrected chi connectivity index (χ4v) is 1.98. The van der Waals surface area contributed by atoms with Gasteiger partial charge in [0.15, 0.2) is 0 Å². The average Bonchev–Trinajstić information content (AvgIpc) is 2.30. The van der Waals surface area contributed by atoms with Crippen LogP contribution in [0.3, 0.4) is 0 Å². The minimum Gasteiger partial charge on any atom is -0.719 e. The largest absolute Gasteiger partial charge is 0.719 e. The maximum Gasteiger partial charge on any atom is 0.123 e. The molecule has 1 aromatic rings. The molecule has 3 nitrogen and oxygen atoms in total. The molecule has 0 atom stereocenters. The third kappa shape index (κ3) is 2.41. The van der Waals surface area contributed by atoms with E-state index in [1.807, 2.05) is 0 Å². The second kappa shape index (κ2) is 4.65. The van der Waals surface area contributed by atoms with Crippen LogP contribution in [0.2, 0.25) is 0 Å². The maximum absolute atomic E-state index is 12.7. The Labute approximate surface area is 99.3 Å². The number of benzene rings is 1. The quantitative estimate of drug-likeness (QED) is 0.696. The Balaban J connectivity index is 1.99. The van der Waals surface area contributed by atoms with Gasteiger partial charge in [-0.05, 0) is 24.3 Å². The molecule has 0 N–H and O–H groups in total. The van der Waals surface area contributed by atoms with E-state index in [4.69, 9.17) is 0 Å². The summed E-state index contributed by atoms with van der Waals surface area (Å²) in [6.07, 6.45) is 0. The van der Waals surface area contributed by atoms with E-state index in [0.29, 0.717) is 13.1 Å². The molecule has 1 aliphatic heterocycles. The lowest BCUT2D eigenvalue weighted by Gasteiger charge is -2.37. The number of piperazine rings is 1. The zero-order chi connectivity index (χ0) is 11.5. The van der Waals surface area contributed by atoms with Crippen molar-refractivity contribution in [3.05, 3.63) is 30.1 Å². The van der Waals surface area contributed by atoms with E-state index in [0.717, 1.165) is 18.8 Å². The standard InChI is InChI=1S/C11H13FN2OS/c12-9-1-3-10(4-2-9)13-5-7-14(8-6-13)11(15)16/h1-4H,5-8H2,(H,15,16)/p-1. The predicted molar refractivity (Wildman–Crippen MR) is 62.9 cm³/mol. The van der Waals surface area contributed by atoms with Crippen LogP contribution in [0.15, 0.2) is 24.3 Å². The first-order valence-electron chi connectivity index (χ1n) is 5.13. The summed E-state index contributed by atoms with van der Waals surface area (Å²) in [7, 11) is 0. The highest BCUT2D eigenvalue weighted by Gasteiger charge is 2.16. The molecule has 2 rings (SSSR count). The van der Waals surface area contributed by atoms with Gasteiger partial charge in [-0.15, -0.1) is 0 Å². The summed E-state index contributed by atoms with van der Waals surface area (Å²) in [5, 5.41) is -0.293. The second-order valence-corrected chi connectivity index (χ2v) is 4.07. The van der Waals surface area contributed by atoms with Gasteiger partial charge in [-0.3, -0.25) is 0 Å². The van der Waals surface area contributed by atoms with Gasteiger partial charge in [-0.2, -0.15) is 0 Å². The Bertz CT molecular complexity index is 374. The lowest BCUT2D eigenvalue weighted by Crippen LogP contribution is -2.47. The van der Waals surface area contributed by atoms with Gasteiger partial charge in [-0.1, -0.05) is 0 Å². The first-order valence-corrected chi connectivity index (χ1v) is 5.54. The van der Waals surface area contributed by atoms with Gasteiger partial charge in [0, 0.05) is 31.9 Å². The molecular weight excluding hydrogens is 227 g/mol. The number of hydrogen-bond acceptors (Lipinski definition) is 3. The summed E-state index contributed by atoms with van der Waals surface area (Å²) < 4.78 is 12.7. The van der Waals surface area contributed by atoms with E-state index >= 15 is 0 Å². The van der Waals surface area contributed by atoms with Crippen molar-refractivity contribution in [2.75, 3.05) is 31.1 Å². The summed E-state index contributed by atoms with van der Waals surface area (Å²) in [4.78, 5) is 14.7. The molecule has 0 aromatic heterocycles. The van der Waals surface area contributed by atoms with E-state index in [-0.39, 0.29) is 11.1 Å². The van der Waals surface area contributed by atoms with Crippen molar-refractivity contribution in [2.24, 2.45) is 0 Å². The fraction of sp³-hybridized carbons (Fsp3) is 0.364. The molecule has 0 unspecified atom stereocenters. The summed E-state index contributed by atoms with van der Waals surface area (Å²) >= 11 is 4.59. The highest BCUT2D eigenvalue weighted by Crippen LogP contribution is 2.16. The van der Waals surface area contributed by atoms with E-state index in [1.165, 1.54) is 12.1 Å². The zero-order valence-electron chi connectivity index (χ0n) is 8.73. The van der Waals surface area contributed by atoms with Crippen LogP contribution in [0.25, 0.3) is 0 Å². The van der Waals surface area contributed by atoms with Crippen molar-refractivity contribution >= 4 is 23.6 Å². The lowest BCUT2D eigenvalue weighted by atomic mass is 10.2. The van der Waals surface area contributed by atoms with E-state index in [2.05, 4.69) is 17.5 Å².